The summed E-state index contributed by atoms with van der Waals surface area (Å²) >= 11 is 1.55. The molecule has 1 saturated heterocycles. The molecule has 0 bridgehead atoms. The predicted octanol–water partition coefficient (Wildman–Crippen LogP) is 1.85. The van der Waals surface area contributed by atoms with Gasteiger partial charge in [0.25, 0.3) is 0 Å². The Morgan fingerprint density at radius 2 is 2.29 bits per heavy atom. The number of amides is 2. The van der Waals surface area contributed by atoms with Crippen LogP contribution in [0.25, 0.3) is 0 Å². The molecule has 2 amide bonds. The van der Waals surface area contributed by atoms with E-state index in [1.54, 1.807) is 34.4 Å². The quantitative estimate of drug-likeness (QED) is 0.830. The number of likely N-dealkylation sites (tertiary alicyclic amines) is 1. The lowest BCUT2D eigenvalue weighted by molar-refractivity contribution is -0.135. The summed E-state index contributed by atoms with van der Waals surface area (Å²) in [4.78, 5) is 36.8. The van der Waals surface area contributed by atoms with Crippen molar-refractivity contribution in [1.82, 2.24) is 19.8 Å². The molecule has 24 heavy (non-hydrogen) atoms. The second kappa shape index (κ2) is 7.09. The van der Waals surface area contributed by atoms with Crippen LogP contribution in [0, 0.1) is 12.8 Å². The highest BCUT2D eigenvalue weighted by atomic mass is 32.1. The number of carbonyl (C=O) groups excluding carboxylic acids is 2. The first kappa shape index (κ1) is 16.6. The molecule has 2 aromatic rings. The molecule has 1 aliphatic heterocycles. The highest BCUT2D eigenvalue weighted by molar-refractivity contribution is 7.09. The van der Waals surface area contributed by atoms with E-state index in [1.807, 2.05) is 30.5 Å². The normalized spacial score (nSPS) is 17.3. The van der Waals surface area contributed by atoms with E-state index in [2.05, 4.69) is 9.97 Å². The molecule has 6 nitrogen and oxygen atoms in total. The Morgan fingerprint density at radius 3 is 2.96 bits per heavy atom. The second-order valence-corrected chi connectivity index (χ2v) is 7.02. The predicted molar refractivity (Wildman–Crippen MR) is 91.1 cm³/mol. The summed E-state index contributed by atoms with van der Waals surface area (Å²) in [5.74, 6) is -0.274. The smallest absolute Gasteiger partial charge is 0.228 e. The minimum Gasteiger partial charge on any atom is -0.339 e. The summed E-state index contributed by atoms with van der Waals surface area (Å²) in [5.41, 5.74) is 1.80. The van der Waals surface area contributed by atoms with Gasteiger partial charge in [0.05, 0.1) is 24.7 Å². The van der Waals surface area contributed by atoms with E-state index in [0.29, 0.717) is 19.6 Å². The van der Waals surface area contributed by atoms with Crippen molar-refractivity contribution in [2.75, 3.05) is 13.6 Å². The molecule has 0 aliphatic carbocycles. The van der Waals surface area contributed by atoms with Gasteiger partial charge >= 0.3 is 0 Å². The summed E-state index contributed by atoms with van der Waals surface area (Å²) in [6.07, 6.45) is 1.98. The van der Waals surface area contributed by atoms with Gasteiger partial charge in [-0.2, -0.15) is 0 Å². The molecule has 0 radical (unpaired) electrons. The molecule has 1 fully saturated rings. The van der Waals surface area contributed by atoms with E-state index in [4.69, 9.17) is 0 Å². The maximum Gasteiger partial charge on any atom is 0.228 e. The monoisotopic (exact) mass is 344 g/mol. The van der Waals surface area contributed by atoms with Gasteiger partial charge in [0.2, 0.25) is 11.8 Å². The Bertz CT molecular complexity index is 731. The summed E-state index contributed by atoms with van der Waals surface area (Å²) in [6, 6.07) is 5.63. The number of nitrogens with zero attached hydrogens (tertiary/aromatic N) is 4. The lowest BCUT2D eigenvalue weighted by atomic mass is 10.1. The SMILES string of the molecule is Cc1csc(CN(C)C(=O)[C@H]2CC(=O)N(Cc3ccccn3)C2)n1. The topological polar surface area (TPSA) is 66.4 Å². The van der Waals surface area contributed by atoms with Crippen LogP contribution >= 0.6 is 11.3 Å². The molecule has 2 aromatic heterocycles. The van der Waals surface area contributed by atoms with Crippen LogP contribution in [0.15, 0.2) is 29.8 Å². The molecule has 0 N–H and O–H groups in total. The fourth-order valence-corrected chi connectivity index (χ4v) is 3.67. The van der Waals surface area contributed by atoms with Crippen molar-refractivity contribution in [2.45, 2.75) is 26.4 Å². The molecule has 3 rings (SSSR count). The molecule has 7 heteroatoms. The number of aryl methyl sites for hydroxylation is 1. The van der Waals surface area contributed by atoms with Crippen molar-refractivity contribution in [3.63, 3.8) is 0 Å². The van der Waals surface area contributed by atoms with Crippen molar-refractivity contribution < 1.29 is 9.59 Å². The number of thiazole rings is 1. The molecular weight excluding hydrogens is 324 g/mol. The first-order valence-electron chi connectivity index (χ1n) is 7.86. The van der Waals surface area contributed by atoms with Crippen LogP contribution in [-0.2, 0) is 22.7 Å². The van der Waals surface area contributed by atoms with Gasteiger partial charge in [-0.1, -0.05) is 6.07 Å². The van der Waals surface area contributed by atoms with Crippen molar-refractivity contribution >= 4 is 23.2 Å². The highest BCUT2D eigenvalue weighted by Gasteiger charge is 2.35. The van der Waals surface area contributed by atoms with E-state index in [0.717, 1.165) is 16.4 Å². The van der Waals surface area contributed by atoms with Gasteiger partial charge < -0.3 is 9.80 Å². The highest BCUT2D eigenvalue weighted by Crippen LogP contribution is 2.22. The lowest BCUT2D eigenvalue weighted by Gasteiger charge is -2.20. The third-order valence-electron chi connectivity index (χ3n) is 4.06. The fraction of sp³-hybridized carbons (Fsp3) is 0.412. The third-order valence-corrected chi connectivity index (χ3v) is 5.01. The van der Waals surface area contributed by atoms with Gasteiger partial charge in [0, 0.05) is 37.3 Å². The Morgan fingerprint density at radius 1 is 1.46 bits per heavy atom. The van der Waals surface area contributed by atoms with E-state index < -0.39 is 0 Å². The van der Waals surface area contributed by atoms with E-state index in [9.17, 15) is 9.59 Å². The van der Waals surface area contributed by atoms with Crippen molar-refractivity contribution in [3.8, 4) is 0 Å². The van der Waals surface area contributed by atoms with Crippen LogP contribution < -0.4 is 0 Å². The number of rotatable bonds is 5. The zero-order chi connectivity index (χ0) is 17.1. The second-order valence-electron chi connectivity index (χ2n) is 6.07. The Labute approximate surface area is 145 Å². The van der Waals surface area contributed by atoms with Crippen LogP contribution in [0.2, 0.25) is 0 Å². The first-order valence-corrected chi connectivity index (χ1v) is 8.74. The van der Waals surface area contributed by atoms with Crippen molar-refractivity contribution in [3.05, 3.63) is 46.2 Å². The number of pyridine rings is 1. The van der Waals surface area contributed by atoms with Gasteiger partial charge in [-0.15, -0.1) is 11.3 Å². The third kappa shape index (κ3) is 3.79. The number of hydrogen-bond donors (Lipinski definition) is 0. The zero-order valence-electron chi connectivity index (χ0n) is 13.8. The molecule has 0 aromatic carbocycles. The Kier molecular flexibility index (Phi) is 4.89. The Balaban J connectivity index is 1.59. The number of aromatic nitrogens is 2. The molecule has 126 valence electrons. The van der Waals surface area contributed by atoms with Gasteiger partial charge in [0.15, 0.2) is 0 Å². The molecule has 0 spiro atoms. The lowest BCUT2D eigenvalue weighted by Crippen LogP contribution is -2.34. The van der Waals surface area contributed by atoms with Crippen molar-refractivity contribution in [1.29, 1.82) is 0 Å². The summed E-state index contributed by atoms with van der Waals surface area (Å²) in [7, 11) is 1.77. The Hall–Kier alpha value is -2.28. The largest absolute Gasteiger partial charge is 0.339 e. The summed E-state index contributed by atoms with van der Waals surface area (Å²) < 4.78 is 0. The molecule has 3 heterocycles. The average molecular weight is 344 g/mol. The maximum absolute atomic E-state index is 12.6. The van der Waals surface area contributed by atoms with Gasteiger partial charge in [-0.25, -0.2) is 4.98 Å². The van der Waals surface area contributed by atoms with Crippen LogP contribution in [0.5, 0.6) is 0 Å². The van der Waals surface area contributed by atoms with Crippen molar-refractivity contribution in [2.24, 2.45) is 5.92 Å². The van der Waals surface area contributed by atoms with E-state index >= 15 is 0 Å². The minimum atomic E-state index is -0.285. The molecule has 1 atom stereocenters. The molecular formula is C17H20N4O2S. The average Bonchev–Trinajstić information content (AvgIpc) is 3.14. The van der Waals surface area contributed by atoms with Crippen LogP contribution in [0.4, 0.5) is 0 Å². The fourth-order valence-electron chi connectivity index (χ4n) is 2.85. The first-order chi connectivity index (χ1) is 11.5. The molecule has 0 unspecified atom stereocenters. The van der Waals surface area contributed by atoms with Gasteiger partial charge in [-0.3, -0.25) is 14.6 Å². The molecule has 0 saturated carbocycles. The maximum atomic E-state index is 12.6. The summed E-state index contributed by atoms with van der Waals surface area (Å²) in [5, 5.41) is 2.89. The minimum absolute atomic E-state index is 0.000256. The zero-order valence-corrected chi connectivity index (χ0v) is 14.6. The van der Waals surface area contributed by atoms with E-state index in [1.165, 1.54) is 0 Å². The number of carbonyl (C=O) groups is 2. The number of hydrogen-bond acceptors (Lipinski definition) is 5. The molecule has 1 aliphatic rings. The van der Waals surface area contributed by atoms with Crippen LogP contribution in [-0.4, -0.2) is 45.2 Å². The van der Waals surface area contributed by atoms with Gasteiger partial charge in [-0.05, 0) is 19.1 Å². The van der Waals surface area contributed by atoms with E-state index in [-0.39, 0.29) is 24.2 Å². The van der Waals surface area contributed by atoms with Gasteiger partial charge in [0.1, 0.15) is 5.01 Å². The summed E-state index contributed by atoms with van der Waals surface area (Å²) in [6.45, 7) is 3.34. The standard InChI is InChI=1S/C17H20N4O2S/c1-12-11-24-15(19-12)10-20(2)17(23)13-7-16(22)21(8-13)9-14-5-3-4-6-18-14/h3-6,11,13H,7-10H2,1-2H3/t13-/m0/s1. The van der Waals surface area contributed by atoms with Crippen LogP contribution in [0.1, 0.15) is 22.8 Å². The van der Waals surface area contributed by atoms with Crippen LogP contribution in [0.3, 0.4) is 0 Å².